The molecule has 1 rings (SSSR count). The van der Waals surface area contributed by atoms with Gasteiger partial charge in [0, 0.05) is 0 Å². The molecule has 0 fully saturated rings. The summed E-state index contributed by atoms with van der Waals surface area (Å²) in [7, 11) is 0. The minimum absolute atomic E-state index is 0.307. The quantitative estimate of drug-likeness (QED) is 0.562. The Labute approximate surface area is 94.2 Å². The van der Waals surface area contributed by atoms with Crippen LogP contribution >= 0.6 is 0 Å². The Morgan fingerprint density at radius 2 is 1.93 bits per heavy atom. The molecule has 0 amide bonds. The van der Waals surface area contributed by atoms with Crippen molar-refractivity contribution in [3.63, 3.8) is 0 Å². The Kier molecular flexibility index (Phi) is 6.22. The number of hydrogen-bond acceptors (Lipinski definition) is 1. The Bertz CT molecular complexity index is 205. The molecule has 1 aliphatic rings. The fraction of sp³-hybridized carbons (Fsp3) is 0.714. The van der Waals surface area contributed by atoms with E-state index in [-0.39, 0.29) is 0 Å². The highest BCUT2D eigenvalue weighted by molar-refractivity contribution is 5.08. The van der Waals surface area contributed by atoms with Gasteiger partial charge in [-0.15, -0.1) is 0 Å². The van der Waals surface area contributed by atoms with Gasteiger partial charge in [0.2, 0.25) is 0 Å². The van der Waals surface area contributed by atoms with E-state index >= 15 is 0 Å². The molecule has 15 heavy (non-hydrogen) atoms. The van der Waals surface area contributed by atoms with Gasteiger partial charge in [0.1, 0.15) is 6.10 Å². The summed E-state index contributed by atoms with van der Waals surface area (Å²) in [6.45, 7) is 4.55. The van der Waals surface area contributed by atoms with Crippen LogP contribution in [0.25, 0.3) is 0 Å². The molecule has 1 heteroatoms. The minimum Gasteiger partial charge on any atom is -0.494 e. The second-order valence-electron chi connectivity index (χ2n) is 4.49. The number of allylic oxidation sites excluding steroid dienone is 2. The zero-order valence-corrected chi connectivity index (χ0v) is 10.1. The zero-order valence-electron chi connectivity index (χ0n) is 10.1. The largest absolute Gasteiger partial charge is 0.494 e. The zero-order chi connectivity index (χ0) is 10.9. The second kappa shape index (κ2) is 7.56. The molecular weight excluding hydrogens is 184 g/mol. The summed E-state index contributed by atoms with van der Waals surface area (Å²) >= 11 is 0. The number of ether oxygens (including phenoxy) is 1. The summed E-state index contributed by atoms with van der Waals surface area (Å²) in [5.74, 6) is 0.646. The lowest BCUT2D eigenvalue weighted by molar-refractivity contribution is 0.125. The lowest BCUT2D eigenvalue weighted by Gasteiger charge is -2.22. The van der Waals surface area contributed by atoms with Crippen LogP contribution in [0.15, 0.2) is 24.5 Å². The fourth-order valence-electron chi connectivity index (χ4n) is 1.96. The van der Waals surface area contributed by atoms with Gasteiger partial charge in [-0.3, -0.25) is 0 Å². The second-order valence-corrected chi connectivity index (χ2v) is 4.49. The summed E-state index contributed by atoms with van der Waals surface area (Å²) in [6.07, 6.45) is 16.4. The summed E-state index contributed by atoms with van der Waals surface area (Å²) in [5, 5.41) is 0. The van der Waals surface area contributed by atoms with E-state index in [2.05, 4.69) is 26.0 Å². The molecule has 86 valence electrons. The number of hydrogen-bond donors (Lipinski definition) is 0. The van der Waals surface area contributed by atoms with E-state index in [1.807, 2.05) is 6.08 Å². The lowest BCUT2D eigenvalue weighted by atomic mass is 9.96. The van der Waals surface area contributed by atoms with Gasteiger partial charge in [0.05, 0.1) is 6.26 Å². The number of unbranched alkanes of at least 4 members (excludes halogenated alkanes) is 4. The van der Waals surface area contributed by atoms with E-state index in [9.17, 15) is 0 Å². The Balaban J connectivity index is 2.05. The molecule has 0 aromatic rings. The van der Waals surface area contributed by atoms with E-state index in [1.54, 1.807) is 6.26 Å². The molecule has 1 heterocycles. The predicted molar refractivity (Wildman–Crippen MR) is 65.7 cm³/mol. The summed E-state index contributed by atoms with van der Waals surface area (Å²) < 4.78 is 5.55. The molecule has 0 aromatic carbocycles. The normalized spacial score (nSPS) is 21.3. The molecule has 0 radical (unpaired) electrons. The standard InChI is InChI=1S/C14H24O/c1-3-4-5-6-7-10-13(2)14-11-8-9-12-15-14/h8-9,11-14H,3-7,10H2,1-2H3. The Morgan fingerprint density at radius 3 is 2.60 bits per heavy atom. The van der Waals surface area contributed by atoms with Crippen LogP contribution in [0, 0.1) is 5.92 Å². The van der Waals surface area contributed by atoms with Crippen LogP contribution in [0.4, 0.5) is 0 Å². The molecular formula is C14H24O. The van der Waals surface area contributed by atoms with Gasteiger partial charge in [-0.2, -0.15) is 0 Å². The van der Waals surface area contributed by atoms with Crippen LogP contribution in [0.5, 0.6) is 0 Å². The first-order valence-corrected chi connectivity index (χ1v) is 6.33. The minimum atomic E-state index is 0.307. The maximum absolute atomic E-state index is 5.55. The maximum atomic E-state index is 5.55. The molecule has 2 atom stereocenters. The summed E-state index contributed by atoms with van der Waals surface area (Å²) in [5.41, 5.74) is 0. The van der Waals surface area contributed by atoms with Gasteiger partial charge in [0.15, 0.2) is 0 Å². The van der Waals surface area contributed by atoms with Gasteiger partial charge in [-0.1, -0.05) is 52.0 Å². The predicted octanol–water partition coefficient (Wildman–Crippen LogP) is 4.45. The summed E-state index contributed by atoms with van der Waals surface area (Å²) in [6, 6.07) is 0. The molecule has 0 aliphatic carbocycles. The van der Waals surface area contributed by atoms with Gasteiger partial charge in [0.25, 0.3) is 0 Å². The third kappa shape index (κ3) is 5.06. The highest BCUT2D eigenvalue weighted by Crippen LogP contribution is 2.19. The van der Waals surface area contributed by atoms with E-state index in [0.717, 1.165) is 0 Å². The van der Waals surface area contributed by atoms with Crippen molar-refractivity contribution in [1.82, 2.24) is 0 Å². The molecule has 0 saturated heterocycles. The molecule has 1 aliphatic heterocycles. The molecule has 0 aromatic heterocycles. The molecule has 1 nitrogen and oxygen atoms in total. The average molecular weight is 208 g/mol. The van der Waals surface area contributed by atoms with Crippen molar-refractivity contribution in [2.24, 2.45) is 5.92 Å². The molecule has 0 saturated carbocycles. The molecule has 0 bridgehead atoms. The molecule has 2 unspecified atom stereocenters. The highest BCUT2D eigenvalue weighted by atomic mass is 16.5. The van der Waals surface area contributed by atoms with Crippen molar-refractivity contribution in [3.05, 3.63) is 24.5 Å². The van der Waals surface area contributed by atoms with Crippen LogP contribution in [-0.2, 0) is 4.74 Å². The van der Waals surface area contributed by atoms with Gasteiger partial charge in [-0.05, 0) is 24.5 Å². The van der Waals surface area contributed by atoms with Crippen LogP contribution in [0.1, 0.15) is 52.4 Å². The van der Waals surface area contributed by atoms with Crippen LogP contribution in [0.3, 0.4) is 0 Å². The fourth-order valence-corrected chi connectivity index (χ4v) is 1.96. The molecule has 0 N–H and O–H groups in total. The van der Waals surface area contributed by atoms with E-state index in [1.165, 1.54) is 38.5 Å². The number of rotatable bonds is 7. The Hall–Kier alpha value is -0.720. The SMILES string of the molecule is CCCCCCCC(C)C1C=CC=CO1. The lowest BCUT2D eigenvalue weighted by Crippen LogP contribution is -2.18. The molecule has 0 spiro atoms. The summed E-state index contributed by atoms with van der Waals surface area (Å²) in [4.78, 5) is 0. The third-order valence-corrected chi connectivity index (χ3v) is 3.05. The van der Waals surface area contributed by atoms with Crippen molar-refractivity contribution in [2.45, 2.75) is 58.5 Å². The van der Waals surface area contributed by atoms with E-state index in [4.69, 9.17) is 4.74 Å². The van der Waals surface area contributed by atoms with Crippen molar-refractivity contribution >= 4 is 0 Å². The van der Waals surface area contributed by atoms with Crippen LogP contribution < -0.4 is 0 Å². The van der Waals surface area contributed by atoms with Crippen molar-refractivity contribution in [3.8, 4) is 0 Å². The average Bonchev–Trinajstić information content (AvgIpc) is 2.30. The van der Waals surface area contributed by atoms with Crippen LogP contribution in [0.2, 0.25) is 0 Å². The maximum Gasteiger partial charge on any atom is 0.119 e. The van der Waals surface area contributed by atoms with Crippen molar-refractivity contribution in [2.75, 3.05) is 0 Å². The van der Waals surface area contributed by atoms with Gasteiger partial charge >= 0.3 is 0 Å². The monoisotopic (exact) mass is 208 g/mol. The van der Waals surface area contributed by atoms with Crippen molar-refractivity contribution < 1.29 is 4.74 Å². The first-order valence-electron chi connectivity index (χ1n) is 6.33. The van der Waals surface area contributed by atoms with Crippen LogP contribution in [-0.4, -0.2) is 6.10 Å². The highest BCUT2D eigenvalue weighted by Gasteiger charge is 2.15. The smallest absolute Gasteiger partial charge is 0.119 e. The first-order chi connectivity index (χ1) is 7.34. The third-order valence-electron chi connectivity index (χ3n) is 3.05. The van der Waals surface area contributed by atoms with E-state index < -0.39 is 0 Å². The van der Waals surface area contributed by atoms with Gasteiger partial charge in [-0.25, -0.2) is 0 Å². The van der Waals surface area contributed by atoms with Crippen molar-refractivity contribution in [1.29, 1.82) is 0 Å². The Morgan fingerprint density at radius 1 is 1.13 bits per heavy atom. The topological polar surface area (TPSA) is 9.23 Å². The van der Waals surface area contributed by atoms with Gasteiger partial charge < -0.3 is 4.74 Å². The first kappa shape index (κ1) is 12.4. The van der Waals surface area contributed by atoms with E-state index in [0.29, 0.717) is 12.0 Å².